The Labute approximate surface area is 104 Å². The molecule has 0 saturated carbocycles. The van der Waals surface area contributed by atoms with Crippen molar-refractivity contribution in [2.45, 2.75) is 25.0 Å². The standard InChI is InChI=1S/C9H15NO7S/c1-17-8(12)2-3-18(15,16)10-5-6(11)4-7(10)9(13)14/h6-7,11H,2-5H2,1H3,(H,13,14)/t6-,7+/m1/s1. The van der Waals surface area contributed by atoms with Crippen LogP contribution in [0.5, 0.6) is 0 Å². The van der Waals surface area contributed by atoms with Crippen LogP contribution in [0.25, 0.3) is 0 Å². The SMILES string of the molecule is COC(=O)CCS(=O)(=O)N1C[C@H](O)C[C@H]1C(=O)O. The summed E-state index contributed by atoms with van der Waals surface area (Å²) in [7, 11) is -2.77. The number of esters is 1. The van der Waals surface area contributed by atoms with Crippen molar-refractivity contribution in [3.63, 3.8) is 0 Å². The van der Waals surface area contributed by atoms with E-state index in [4.69, 9.17) is 5.11 Å². The second-order valence-electron chi connectivity index (χ2n) is 3.96. The summed E-state index contributed by atoms with van der Waals surface area (Å²) in [5.41, 5.74) is 0. The van der Waals surface area contributed by atoms with Crippen LogP contribution in [0.4, 0.5) is 0 Å². The number of β-amino-alcohol motifs (C(OH)–C–C–N with tert-alkyl or cyclic N) is 1. The van der Waals surface area contributed by atoms with Gasteiger partial charge in [-0.2, -0.15) is 4.31 Å². The highest BCUT2D eigenvalue weighted by molar-refractivity contribution is 7.89. The van der Waals surface area contributed by atoms with Crippen molar-refractivity contribution in [2.24, 2.45) is 0 Å². The number of aliphatic hydroxyl groups is 1. The van der Waals surface area contributed by atoms with E-state index < -0.39 is 39.9 Å². The highest BCUT2D eigenvalue weighted by atomic mass is 32.2. The second-order valence-corrected chi connectivity index (χ2v) is 6.00. The molecule has 104 valence electrons. The summed E-state index contributed by atoms with van der Waals surface area (Å²) in [6.07, 6.45) is -1.50. The molecule has 1 saturated heterocycles. The molecule has 18 heavy (non-hydrogen) atoms. The minimum Gasteiger partial charge on any atom is -0.480 e. The van der Waals surface area contributed by atoms with E-state index in [1.807, 2.05) is 0 Å². The second kappa shape index (κ2) is 5.63. The third-order valence-corrected chi connectivity index (χ3v) is 4.51. The lowest BCUT2D eigenvalue weighted by Crippen LogP contribution is -2.42. The van der Waals surface area contributed by atoms with E-state index in [0.717, 1.165) is 11.4 Å². The summed E-state index contributed by atoms with van der Waals surface area (Å²) in [5, 5.41) is 18.2. The van der Waals surface area contributed by atoms with Crippen molar-refractivity contribution in [1.82, 2.24) is 4.31 Å². The number of methoxy groups -OCH3 is 1. The summed E-state index contributed by atoms with van der Waals surface area (Å²) >= 11 is 0. The Hall–Kier alpha value is -1.19. The maximum absolute atomic E-state index is 11.9. The number of carbonyl (C=O) groups excluding carboxylic acids is 1. The largest absolute Gasteiger partial charge is 0.480 e. The topological polar surface area (TPSA) is 121 Å². The summed E-state index contributed by atoms with van der Waals surface area (Å²) in [6, 6.07) is -1.28. The molecular weight excluding hydrogens is 266 g/mol. The van der Waals surface area contributed by atoms with Gasteiger partial charge in [0.2, 0.25) is 10.0 Å². The van der Waals surface area contributed by atoms with Gasteiger partial charge >= 0.3 is 11.9 Å². The van der Waals surface area contributed by atoms with Crippen LogP contribution in [0, 0.1) is 0 Å². The molecule has 0 aromatic carbocycles. The molecule has 0 radical (unpaired) electrons. The molecule has 0 spiro atoms. The zero-order valence-electron chi connectivity index (χ0n) is 9.77. The number of aliphatic hydroxyl groups excluding tert-OH is 1. The highest BCUT2D eigenvalue weighted by Gasteiger charge is 2.42. The van der Waals surface area contributed by atoms with Gasteiger partial charge in [-0.1, -0.05) is 0 Å². The first-order valence-corrected chi connectivity index (χ1v) is 6.86. The van der Waals surface area contributed by atoms with E-state index >= 15 is 0 Å². The minimum absolute atomic E-state index is 0.146. The van der Waals surface area contributed by atoms with Gasteiger partial charge in [-0.05, 0) is 0 Å². The first kappa shape index (κ1) is 14.9. The average Bonchev–Trinajstić information content (AvgIpc) is 2.69. The molecule has 9 heteroatoms. The first-order valence-electron chi connectivity index (χ1n) is 5.25. The number of carboxylic acid groups (broad SMARTS) is 1. The Balaban J connectivity index is 2.77. The van der Waals surface area contributed by atoms with Crippen molar-refractivity contribution < 1.29 is 33.0 Å². The normalized spacial score (nSPS) is 25.0. The molecule has 2 N–H and O–H groups in total. The van der Waals surface area contributed by atoms with Crippen molar-refractivity contribution in [3.05, 3.63) is 0 Å². The number of ether oxygens (including phenoxy) is 1. The minimum atomic E-state index is -3.90. The third-order valence-electron chi connectivity index (χ3n) is 2.67. The van der Waals surface area contributed by atoms with Crippen LogP contribution in [0.3, 0.4) is 0 Å². The number of hydrogen-bond donors (Lipinski definition) is 2. The molecule has 8 nitrogen and oxygen atoms in total. The molecule has 0 aromatic heterocycles. The van der Waals surface area contributed by atoms with Crippen molar-refractivity contribution in [3.8, 4) is 0 Å². The van der Waals surface area contributed by atoms with Gasteiger partial charge in [0.15, 0.2) is 0 Å². The van der Waals surface area contributed by atoms with Gasteiger partial charge in [-0.3, -0.25) is 9.59 Å². The molecule has 0 aromatic rings. The summed E-state index contributed by atoms with van der Waals surface area (Å²) in [6.45, 7) is -0.263. The number of rotatable bonds is 5. The third kappa shape index (κ3) is 3.40. The molecule has 0 unspecified atom stereocenters. The lowest BCUT2D eigenvalue weighted by molar-refractivity contribution is -0.141. The Kier molecular flexibility index (Phi) is 4.65. The Morgan fingerprint density at radius 2 is 2.06 bits per heavy atom. The molecular formula is C9H15NO7S. The van der Waals surface area contributed by atoms with E-state index in [0.29, 0.717) is 0 Å². The maximum atomic E-state index is 11.9. The molecule has 1 fully saturated rings. The number of aliphatic carboxylic acids is 1. The van der Waals surface area contributed by atoms with Crippen molar-refractivity contribution >= 4 is 22.0 Å². The number of carbonyl (C=O) groups is 2. The maximum Gasteiger partial charge on any atom is 0.322 e. The lowest BCUT2D eigenvalue weighted by Gasteiger charge is -2.20. The van der Waals surface area contributed by atoms with Gasteiger partial charge in [0, 0.05) is 13.0 Å². The number of nitrogens with zero attached hydrogens (tertiary/aromatic N) is 1. The molecule has 0 bridgehead atoms. The van der Waals surface area contributed by atoms with Gasteiger partial charge in [0.25, 0.3) is 0 Å². The Bertz CT molecular complexity index is 432. The van der Waals surface area contributed by atoms with E-state index in [9.17, 15) is 23.1 Å². The zero-order chi connectivity index (χ0) is 13.9. The molecule has 2 atom stereocenters. The lowest BCUT2D eigenvalue weighted by atomic mass is 10.2. The first-order chi connectivity index (χ1) is 8.27. The summed E-state index contributed by atoms with van der Waals surface area (Å²) < 4.78 is 28.8. The van der Waals surface area contributed by atoms with E-state index in [2.05, 4.69) is 4.74 Å². The van der Waals surface area contributed by atoms with Gasteiger partial charge in [-0.25, -0.2) is 8.42 Å². The predicted molar refractivity (Wildman–Crippen MR) is 59.2 cm³/mol. The summed E-state index contributed by atoms with van der Waals surface area (Å²) in [5.74, 6) is -2.53. The van der Waals surface area contributed by atoms with Crippen molar-refractivity contribution in [2.75, 3.05) is 19.4 Å². The number of carboxylic acids is 1. The number of sulfonamides is 1. The van der Waals surface area contributed by atoms with E-state index in [-0.39, 0.29) is 19.4 Å². The van der Waals surface area contributed by atoms with E-state index in [1.54, 1.807) is 0 Å². The van der Waals surface area contributed by atoms with E-state index in [1.165, 1.54) is 0 Å². The predicted octanol–water partition coefficient (Wildman–Crippen LogP) is -1.60. The van der Waals surface area contributed by atoms with Crippen LogP contribution < -0.4 is 0 Å². The fourth-order valence-corrected chi connectivity index (χ4v) is 3.37. The fourth-order valence-electron chi connectivity index (χ4n) is 1.75. The van der Waals surface area contributed by atoms with Gasteiger partial charge in [0.05, 0.1) is 25.4 Å². The molecule has 1 heterocycles. The van der Waals surface area contributed by atoms with Crippen molar-refractivity contribution in [1.29, 1.82) is 0 Å². The smallest absolute Gasteiger partial charge is 0.322 e. The molecule has 0 aliphatic carbocycles. The zero-order valence-corrected chi connectivity index (χ0v) is 10.6. The van der Waals surface area contributed by atoms with Crippen LogP contribution >= 0.6 is 0 Å². The molecule has 0 amide bonds. The molecule has 1 rings (SSSR count). The molecule has 1 aliphatic rings. The fraction of sp³-hybridized carbons (Fsp3) is 0.778. The van der Waals surface area contributed by atoms with Crippen LogP contribution in [0.1, 0.15) is 12.8 Å². The summed E-state index contributed by atoms with van der Waals surface area (Å²) in [4.78, 5) is 21.8. The van der Waals surface area contributed by atoms with Gasteiger partial charge in [0.1, 0.15) is 6.04 Å². The van der Waals surface area contributed by atoms with Gasteiger partial charge in [-0.15, -0.1) is 0 Å². The van der Waals surface area contributed by atoms with Crippen LogP contribution in [-0.2, 0) is 24.3 Å². The monoisotopic (exact) mass is 281 g/mol. The molecule has 1 aliphatic heterocycles. The number of hydrogen-bond acceptors (Lipinski definition) is 6. The Morgan fingerprint density at radius 3 is 2.56 bits per heavy atom. The van der Waals surface area contributed by atoms with Crippen LogP contribution in [0.2, 0.25) is 0 Å². The Morgan fingerprint density at radius 1 is 1.44 bits per heavy atom. The van der Waals surface area contributed by atoms with Crippen LogP contribution in [0.15, 0.2) is 0 Å². The highest BCUT2D eigenvalue weighted by Crippen LogP contribution is 2.22. The van der Waals surface area contributed by atoms with Gasteiger partial charge < -0.3 is 14.9 Å². The average molecular weight is 281 g/mol. The quantitative estimate of drug-likeness (QED) is 0.582. The van der Waals surface area contributed by atoms with Crippen LogP contribution in [-0.4, -0.2) is 66.4 Å².